The molecule has 2 rings (SSSR count). The monoisotopic (exact) mass is 349 g/mol. The van der Waals surface area contributed by atoms with Gasteiger partial charge in [-0.3, -0.25) is 4.79 Å². The summed E-state index contributed by atoms with van der Waals surface area (Å²) in [5, 5.41) is 0.899. The number of benzene rings is 1. The van der Waals surface area contributed by atoms with Crippen molar-refractivity contribution in [3.8, 4) is 0 Å². The molecule has 1 amide bonds. The molecule has 1 saturated heterocycles. The molecule has 0 aliphatic carbocycles. The fourth-order valence-corrected chi connectivity index (χ4v) is 4.36. The molecule has 1 aromatic rings. The molecule has 116 valence electrons. The minimum atomic E-state index is -2.94. The average molecular weight is 350 g/mol. The predicted octanol–water partition coefficient (Wildman–Crippen LogP) is 2.95. The van der Waals surface area contributed by atoms with E-state index < -0.39 is 9.84 Å². The molecule has 0 N–H and O–H groups in total. The molecule has 0 unspecified atom stereocenters. The summed E-state index contributed by atoms with van der Waals surface area (Å²) in [7, 11) is -1.25. The van der Waals surface area contributed by atoms with E-state index in [0.29, 0.717) is 28.5 Å². The topological polar surface area (TPSA) is 54.5 Å². The number of hydrogen-bond donors (Lipinski definition) is 0. The summed E-state index contributed by atoms with van der Waals surface area (Å²) in [4.78, 5) is 14.1. The first-order valence-electron chi connectivity index (χ1n) is 6.64. The Morgan fingerprint density at radius 3 is 2.14 bits per heavy atom. The Bertz CT molecular complexity index is 636. The van der Waals surface area contributed by atoms with E-state index in [2.05, 4.69) is 0 Å². The summed E-state index contributed by atoms with van der Waals surface area (Å²) in [6.45, 7) is 1.79. The van der Waals surface area contributed by atoms with Crippen LogP contribution in [0, 0.1) is 6.92 Å². The van der Waals surface area contributed by atoms with Crippen LogP contribution in [-0.2, 0) is 9.84 Å². The van der Waals surface area contributed by atoms with Crippen LogP contribution in [0.15, 0.2) is 12.1 Å². The first kappa shape index (κ1) is 16.6. The van der Waals surface area contributed by atoms with Gasteiger partial charge in [-0.15, -0.1) is 0 Å². The number of rotatable bonds is 2. The molecule has 21 heavy (non-hydrogen) atoms. The molecule has 7 heteroatoms. The lowest BCUT2D eigenvalue weighted by atomic mass is 10.1. The highest BCUT2D eigenvalue weighted by atomic mass is 35.5. The van der Waals surface area contributed by atoms with Crippen molar-refractivity contribution < 1.29 is 13.2 Å². The van der Waals surface area contributed by atoms with E-state index in [1.54, 1.807) is 31.0 Å². The molecule has 0 atom stereocenters. The zero-order valence-corrected chi connectivity index (χ0v) is 14.2. The van der Waals surface area contributed by atoms with Crippen molar-refractivity contribution in [1.29, 1.82) is 0 Å². The molecule has 0 saturated carbocycles. The maximum absolute atomic E-state index is 12.5. The minimum Gasteiger partial charge on any atom is -0.339 e. The number of nitrogens with zero attached hydrogens (tertiary/aromatic N) is 1. The van der Waals surface area contributed by atoms with E-state index in [1.165, 1.54) is 0 Å². The number of carbonyl (C=O) groups is 1. The standard InChI is InChI=1S/C14H17Cl2NO3S/c1-9-12(15)7-10(8-13(9)16)14(18)17(2)11-3-5-21(19,20)6-4-11/h7-8,11H,3-6H2,1-2H3. The third-order valence-electron chi connectivity index (χ3n) is 3.92. The van der Waals surface area contributed by atoms with Crippen molar-refractivity contribution in [1.82, 2.24) is 4.90 Å². The summed E-state index contributed by atoms with van der Waals surface area (Å²) in [6, 6.07) is 3.13. The Morgan fingerprint density at radius 1 is 1.19 bits per heavy atom. The van der Waals surface area contributed by atoms with Crippen LogP contribution in [0.25, 0.3) is 0 Å². The molecule has 0 radical (unpaired) electrons. The van der Waals surface area contributed by atoms with E-state index in [9.17, 15) is 13.2 Å². The summed E-state index contributed by atoms with van der Waals surface area (Å²) in [5.41, 5.74) is 1.16. The van der Waals surface area contributed by atoms with E-state index in [-0.39, 0.29) is 23.5 Å². The second kappa shape index (κ2) is 6.15. The quantitative estimate of drug-likeness (QED) is 0.824. The van der Waals surface area contributed by atoms with Crippen molar-refractivity contribution >= 4 is 38.9 Å². The van der Waals surface area contributed by atoms with Gasteiger partial charge < -0.3 is 4.90 Å². The van der Waals surface area contributed by atoms with Crippen LogP contribution in [0.3, 0.4) is 0 Å². The molecular formula is C14H17Cl2NO3S. The molecule has 1 aliphatic heterocycles. The van der Waals surface area contributed by atoms with Crippen LogP contribution in [0.4, 0.5) is 0 Å². The Morgan fingerprint density at radius 2 is 1.67 bits per heavy atom. The number of halogens is 2. The van der Waals surface area contributed by atoms with Crippen molar-refractivity contribution in [3.63, 3.8) is 0 Å². The van der Waals surface area contributed by atoms with Gasteiger partial charge in [0, 0.05) is 28.7 Å². The fourth-order valence-electron chi connectivity index (χ4n) is 2.40. The third kappa shape index (κ3) is 3.71. The lowest BCUT2D eigenvalue weighted by Crippen LogP contribution is -2.42. The first-order valence-corrected chi connectivity index (χ1v) is 9.22. The second-order valence-electron chi connectivity index (χ2n) is 5.36. The highest BCUT2D eigenvalue weighted by Crippen LogP contribution is 2.27. The van der Waals surface area contributed by atoms with Crippen LogP contribution in [-0.4, -0.2) is 43.8 Å². The summed E-state index contributed by atoms with van der Waals surface area (Å²) >= 11 is 12.1. The van der Waals surface area contributed by atoms with E-state index in [0.717, 1.165) is 5.56 Å². The minimum absolute atomic E-state index is 0.0696. The second-order valence-corrected chi connectivity index (χ2v) is 8.48. The van der Waals surface area contributed by atoms with Crippen LogP contribution < -0.4 is 0 Å². The van der Waals surface area contributed by atoms with Crippen molar-refractivity contribution in [2.75, 3.05) is 18.6 Å². The zero-order chi connectivity index (χ0) is 15.8. The largest absolute Gasteiger partial charge is 0.339 e. The van der Waals surface area contributed by atoms with Crippen LogP contribution in [0.1, 0.15) is 28.8 Å². The van der Waals surface area contributed by atoms with Gasteiger partial charge in [-0.1, -0.05) is 23.2 Å². The van der Waals surface area contributed by atoms with Gasteiger partial charge in [-0.2, -0.15) is 0 Å². The molecule has 0 bridgehead atoms. The van der Waals surface area contributed by atoms with Crippen molar-refractivity contribution in [2.24, 2.45) is 0 Å². The van der Waals surface area contributed by atoms with Crippen molar-refractivity contribution in [2.45, 2.75) is 25.8 Å². The van der Waals surface area contributed by atoms with Crippen LogP contribution in [0.5, 0.6) is 0 Å². The smallest absolute Gasteiger partial charge is 0.253 e. The van der Waals surface area contributed by atoms with Gasteiger partial charge in [-0.25, -0.2) is 8.42 Å². The van der Waals surface area contributed by atoms with Crippen LogP contribution in [0.2, 0.25) is 10.0 Å². The average Bonchev–Trinajstić information content (AvgIpc) is 2.42. The van der Waals surface area contributed by atoms with Gasteiger partial charge in [0.25, 0.3) is 5.91 Å². The van der Waals surface area contributed by atoms with Gasteiger partial charge in [0.1, 0.15) is 9.84 Å². The maximum Gasteiger partial charge on any atom is 0.253 e. The van der Waals surface area contributed by atoms with Gasteiger partial charge in [0.15, 0.2) is 0 Å². The molecule has 4 nitrogen and oxygen atoms in total. The molecule has 1 aliphatic rings. The van der Waals surface area contributed by atoms with E-state index in [1.807, 2.05) is 0 Å². The highest BCUT2D eigenvalue weighted by molar-refractivity contribution is 7.91. The first-order chi connectivity index (χ1) is 9.71. The molecule has 0 spiro atoms. The molecule has 0 aromatic heterocycles. The summed E-state index contributed by atoms with van der Waals surface area (Å²) in [5.74, 6) is 0.0677. The van der Waals surface area contributed by atoms with E-state index in [4.69, 9.17) is 23.2 Å². The van der Waals surface area contributed by atoms with Gasteiger partial charge in [0.05, 0.1) is 11.5 Å². The van der Waals surface area contributed by atoms with Gasteiger partial charge in [-0.05, 0) is 37.5 Å². The van der Waals surface area contributed by atoms with Crippen LogP contribution >= 0.6 is 23.2 Å². The lowest BCUT2D eigenvalue weighted by Gasteiger charge is -2.31. The molecule has 1 heterocycles. The highest BCUT2D eigenvalue weighted by Gasteiger charge is 2.29. The Labute approximate surface area is 134 Å². The van der Waals surface area contributed by atoms with E-state index >= 15 is 0 Å². The van der Waals surface area contributed by atoms with Crippen molar-refractivity contribution in [3.05, 3.63) is 33.3 Å². The number of hydrogen-bond acceptors (Lipinski definition) is 3. The van der Waals surface area contributed by atoms with Gasteiger partial charge >= 0.3 is 0 Å². The molecule has 1 fully saturated rings. The Hall–Kier alpha value is -0.780. The summed E-state index contributed by atoms with van der Waals surface area (Å²) in [6.07, 6.45) is 0.940. The maximum atomic E-state index is 12.5. The number of sulfone groups is 1. The Kier molecular flexibility index (Phi) is 4.85. The SMILES string of the molecule is Cc1c(Cl)cc(C(=O)N(C)C2CCS(=O)(=O)CC2)cc1Cl. The zero-order valence-electron chi connectivity index (χ0n) is 11.9. The normalized spacial score (nSPS) is 18.5. The predicted molar refractivity (Wildman–Crippen MR) is 85.0 cm³/mol. The third-order valence-corrected chi connectivity index (χ3v) is 6.42. The molecule has 1 aromatic carbocycles. The number of amides is 1. The fraction of sp³-hybridized carbons (Fsp3) is 0.500. The lowest BCUT2D eigenvalue weighted by molar-refractivity contribution is 0.0722. The Balaban J connectivity index is 2.17. The van der Waals surface area contributed by atoms with Gasteiger partial charge in [0.2, 0.25) is 0 Å². The molecular weight excluding hydrogens is 333 g/mol. The number of carbonyl (C=O) groups excluding carboxylic acids is 1. The summed E-state index contributed by atoms with van der Waals surface area (Å²) < 4.78 is 22.9.